The number of hydrogen-bond acceptors (Lipinski definition) is 6. The standard InChI is InChI=1S/C27H40O6/c1-10-32-23(29)21-19(28)15-27(9,31)22(24(30)33-11-2)20(21)16-12-17(25(3,4)5)14-18(13-16)26(6,7)8/h12-14,20-22,31H,10-11,15H2,1-9H3. The Bertz CT molecular complexity index is 868. The van der Waals surface area contributed by atoms with Crippen molar-refractivity contribution < 1.29 is 29.0 Å². The van der Waals surface area contributed by atoms with Crippen LogP contribution in [0.5, 0.6) is 0 Å². The molecule has 0 amide bonds. The number of carbonyl (C=O) groups excluding carboxylic acids is 3. The minimum absolute atomic E-state index is 0.116. The molecule has 1 aromatic rings. The molecule has 1 aliphatic rings. The summed E-state index contributed by atoms with van der Waals surface area (Å²) in [5.74, 6) is -4.90. The lowest BCUT2D eigenvalue weighted by atomic mass is 9.61. The van der Waals surface area contributed by atoms with Crippen LogP contribution in [0.4, 0.5) is 0 Å². The SMILES string of the molecule is CCOC(=O)C1C(=O)CC(C)(O)C(C(=O)OCC)C1c1cc(C(C)(C)C)cc(C(C)(C)C)c1. The third kappa shape index (κ3) is 5.84. The Morgan fingerprint density at radius 3 is 1.82 bits per heavy atom. The van der Waals surface area contributed by atoms with Gasteiger partial charge in [0.05, 0.1) is 24.7 Å². The van der Waals surface area contributed by atoms with E-state index in [1.165, 1.54) is 6.92 Å². The lowest BCUT2D eigenvalue weighted by Crippen LogP contribution is -2.55. The second-order valence-electron chi connectivity index (χ2n) is 11.3. The number of Topliss-reactive ketones (excluding diaryl/α,β-unsaturated/α-hetero) is 1. The van der Waals surface area contributed by atoms with Crippen molar-refractivity contribution in [3.8, 4) is 0 Å². The van der Waals surface area contributed by atoms with E-state index in [9.17, 15) is 19.5 Å². The lowest BCUT2D eigenvalue weighted by Gasteiger charge is -2.44. The Morgan fingerprint density at radius 2 is 1.39 bits per heavy atom. The minimum atomic E-state index is -1.66. The summed E-state index contributed by atoms with van der Waals surface area (Å²) in [6.07, 6.45) is -0.318. The van der Waals surface area contributed by atoms with E-state index in [0.717, 1.165) is 11.1 Å². The largest absolute Gasteiger partial charge is 0.466 e. The molecule has 1 N–H and O–H groups in total. The molecule has 1 aliphatic carbocycles. The highest BCUT2D eigenvalue weighted by Gasteiger charge is 2.57. The van der Waals surface area contributed by atoms with Gasteiger partial charge in [-0.15, -0.1) is 0 Å². The molecule has 184 valence electrons. The molecular formula is C27H40O6. The first-order valence-corrected chi connectivity index (χ1v) is 11.8. The first-order valence-electron chi connectivity index (χ1n) is 11.8. The molecule has 1 aromatic carbocycles. The van der Waals surface area contributed by atoms with E-state index >= 15 is 0 Å². The van der Waals surface area contributed by atoms with Crippen molar-refractivity contribution in [2.24, 2.45) is 11.8 Å². The molecule has 0 saturated heterocycles. The summed E-state index contributed by atoms with van der Waals surface area (Å²) >= 11 is 0. The summed E-state index contributed by atoms with van der Waals surface area (Å²) in [4.78, 5) is 39.4. The van der Waals surface area contributed by atoms with Crippen LogP contribution in [0.15, 0.2) is 18.2 Å². The molecule has 6 heteroatoms. The highest BCUT2D eigenvalue weighted by molar-refractivity contribution is 6.02. The number of rotatable bonds is 5. The zero-order valence-corrected chi connectivity index (χ0v) is 21.6. The maximum Gasteiger partial charge on any atom is 0.317 e. The lowest BCUT2D eigenvalue weighted by molar-refractivity contribution is -0.172. The van der Waals surface area contributed by atoms with Crippen molar-refractivity contribution in [1.82, 2.24) is 0 Å². The van der Waals surface area contributed by atoms with Gasteiger partial charge in [0.2, 0.25) is 0 Å². The number of ketones is 1. The molecule has 0 spiro atoms. The minimum Gasteiger partial charge on any atom is -0.466 e. The van der Waals surface area contributed by atoms with Crippen LogP contribution in [0.2, 0.25) is 0 Å². The Labute approximate surface area is 198 Å². The average Bonchev–Trinajstić information content (AvgIpc) is 2.65. The average molecular weight is 461 g/mol. The summed E-state index contributed by atoms with van der Waals surface area (Å²) in [6.45, 7) is 17.6. The molecule has 4 atom stereocenters. The van der Waals surface area contributed by atoms with Gasteiger partial charge in [0.15, 0.2) is 5.78 Å². The molecule has 2 rings (SSSR count). The van der Waals surface area contributed by atoms with Crippen molar-refractivity contribution in [3.05, 3.63) is 34.9 Å². The molecule has 0 radical (unpaired) electrons. The summed E-state index contributed by atoms with van der Waals surface area (Å²) in [5.41, 5.74) is 0.625. The van der Waals surface area contributed by atoms with Crippen LogP contribution in [0.3, 0.4) is 0 Å². The molecule has 1 saturated carbocycles. The molecular weight excluding hydrogens is 420 g/mol. The van der Waals surface area contributed by atoms with Gasteiger partial charge in [-0.3, -0.25) is 14.4 Å². The number of hydrogen-bond donors (Lipinski definition) is 1. The Hall–Kier alpha value is -2.21. The number of benzene rings is 1. The van der Waals surface area contributed by atoms with Gasteiger partial charge in [-0.1, -0.05) is 59.7 Å². The number of carbonyl (C=O) groups is 3. The number of aliphatic hydroxyl groups is 1. The second kappa shape index (κ2) is 9.57. The van der Waals surface area contributed by atoms with E-state index in [1.54, 1.807) is 13.8 Å². The Balaban J connectivity index is 2.87. The van der Waals surface area contributed by atoms with E-state index < -0.39 is 41.1 Å². The summed E-state index contributed by atoms with van der Waals surface area (Å²) in [6, 6.07) is 6.03. The third-order valence-corrected chi connectivity index (χ3v) is 6.42. The van der Waals surface area contributed by atoms with Crippen LogP contribution in [0.25, 0.3) is 0 Å². The summed E-state index contributed by atoms with van der Waals surface area (Å²) in [7, 11) is 0. The van der Waals surface area contributed by atoms with Gasteiger partial charge in [-0.25, -0.2) is 0 Å². The van der Waals surface area contributed by atoms with Crippen molar-refractivity contribution in [2.45, 2.75) is 91.1 Å². The third-order valence-electron chi connectivity index (χ3n) is 6.42. The number of esters is 2. The highest BCUT2D eigenvalue weighted by atomic mass is 16.5. The predicted molar refractivity (Wildman–Crippen MR) is 127 cm³/mol. The first-order chi connectivity index (χ1) is 15.0. The number of ether oxygens (including phenoxy) is 2. The fourth-order valence-corrected chi connectivity index (χ4v) is 4.59. The zero-order valence-electron chi connectivity index (χ0n) is 21.6. The van der Waals surface area contributed by atoms with Crippen LogP contribution in [-0.4, -0.2) is 41.6 Å². The smallest absolute Gasteiger partial charge is 0.317 e. The molecule has 0 heterocycles. The van der Waals surface area contributed by atoms with Gasteiger partial charge in [-0.2, -0.15) is 0 Å². The van der Waals surface area contributed by atoms with Crippen LogP contribution in [-0.2, 0) is 34.7 Å². The van der Waals surface area contributed by atoms with E-state index in [0.29, 0.717) is 5.56 Å². The van der Waals surface area contributed by atoms with Crippen LogP contribution in [0.1, 0.15) is 91.3 Å². The second-order valence-corrected chi connectivity index (χ2v) is 11.3. The van der Waals surface area contributed by atoms with Crippen LogP contribution in [0, 0.1) is 11.8 Å². The molecule has 4 unspecified atom stereocenters. The molecule has 0 bridgehead atoms. The molecule has 0 aromatic heterocycles. The Morgan fingerprint density at radius 1 is 0.939 bits per heavy atom. The molecule has 6 nitrogen and oxygen atoms in total. The van der Waals surface area contributed by atoms with Crippen LogP contribution >= 0.6 is 0 Å². The maximum atomic E-state index is 13.2. The fourth-order valence-electron chi connectivity index (χ4n) is 4.59. The van der Waals surface area contributed by atoms with Crippen molar-refractivity contribution >= 4 is 17.7 Å². The first kappa shape index (κ1) is 27.0. The van der Waals surface area contributed by atoms with Gasteiger partial charge in [0.1, 0.15) is 5.92 Å². The molecule has 0 aliphatic heterocycles. The quantitative estimate of drug-likeness (QED) is 0.516. The summed E-state index contributed by atoms with van der Waals surface area (Å²) < 4.78 is 10.6. The fraction of sp³-hybridized carbons (Fsp3) is 0.667. The highest BCUT2D eigenvalue weighted by Crippen LogP contribution is 2.48. The van der Waals surface area contributed by atoms with E-state index in [4.69, 9.17) is 9.47 Å². The van der Waals surface area contributed by atoms with Crippen molar-refractivity contribution in [1.29, 1.82) is 0 Å². The van der Waals surface area contributed by atoms with Gasteiger partial charge in [0.25, 0.3) is 0 Å². The monoisotopic (exact) mass is 460 g/mol. The van der Waals surface area contributed by atoms with E-state index in [1.807, 2.05) is 12.1 Å². The Kier molecular flexibility index (Phi) is 7.84. The maximum absolute atomic E-state index is 13.2. The van der Waals surface area contributed by atoms with Gasteiger partial charge >= 0.3 is 11.9 Å². The van der Waals surface area contributed by atoms with Gasteiger partial charge in [0, 0.05) is 12.3 Å². The van der Waals surface area contributed by atoms with Crippen molar-refractivity contribution in [3.63, 3.8) is 0 Å². The zero-order chi connectivity index (χ0) is 25.4. The normalized spacial score (nSPS) is 26.1. The van der Waals surface area contributed by atoms with Crippen molar-refractivity contribution in [2.75, 3.05) is 13.2 Å². The summed E-state index contributed by atoms with van der Waals surface area (Å²) in [5, 5.41) is 11.2. The molecule has 33 heavy (non-hydrogen) atoms. The van der Waals surface area contributed by atoms with Crippen LogP contribution < -0.4 is 0 Å². The van der Waals surface area contributed by atoms with Gasteiger partial charge in [-0.05, 0) is 48.3 Å². The molecule has 1 fully saturated rings. The van der Waals surface area contributed by atoms with E-state index in [-0.39, 0.29) is 30.5 Å². The predicted octanol–water partition coefficient (Wildman–Crippen LogP) is 4.45. The van der Waals surface area contributed by atoms with E-state index in [2.05, 4.69) is 47.6 Å². The topological polar surface area (TPSA) is 89.9 Å². The van der Waals surface area contributed by atoms with Gasteiger partial charge < -0.3 is 14.6 Å².